The largest absolute Gasteiger partial charge is 0.310 e. The Morgan fingerprint density at radius 2 is 0.786 bits per heavy atom. The molecule has 10 aromatic carbocycles. The highest BCUT2D eigenvalue weighted by Gasteiger charge is 2.16. The van der Waals surface area contributed by atoms with Crippen LogP contribution in [0.2, 0.25) is 0 Å². The van der Waals surface area contributed by atoms with Gasteiger partial charge in [0.25, 0.3) is 0 Å². The van der Waals surface area contributed by atoms with Crippen molar-refractivity contribution in [2.24, 2.45) is 0 Å². The Kier molecular flexibility index (Phi) is 8.46. The maximum Gasteiger partial charge on any atom is 0.0468 e. The topological polar surface area (TPSA) is 3.24 Å². The molecular weight excluding hydrogens is 675 g/mol. The Labute approximate surface area is 328 Å². The van der Waals surface area contributed by atoms with Crippen molar-refractivity contribution < 1.29 is 0 Å². The molecule has 0 fully saturated rings. The van der Waals surface area contributed by atoms with Crippen molar-refractivity contribution in [1.29, 1.82) is 0 Å². The molecule has 0 aliphatic rings. The van der Waals surface area contributed by atoms with Crippen LogP contribution in [0.4, 0.5) is 17.1 Å². The Morgan fingerprint density at radius 3 is 1.48 bits per heavy atom. The third kappa shape index (κ3) is 6.20. The minimum atomic E-state index is 1.11. The fourth-order valence-electron chi connectivity index (χ4n) is 8.32. The van der Waals surface area contributed by atoms with Crippen LogP contribution in [0.25, 0.3) is 76.8 Å². The molecule has 10 rings (SSSR count). The van der Waals surface area contributed by atoms with Gasteiger partial charge in [0.05, 0.1) is 0 Å². The summed E-state index contributed by atoms with van der Waals surface area (Å²) in [6.45, 7) is 2.21. The van der Waals surface area contributed by atoms with Gasteiger partial charge < -0.3 is 4.90 Å². The van der Waals surface area contributed by atoms with Gasteiger partial charge in [0.1, 0.15) is 0 Å². The summed E-state index contributed by atoms with van der Waals surface area (Å²) in [6, 6.07) is 79.5. The Balaban J connectivity index is 1.04. The van der Waals surface area contributed by atoms with Gasteiger partial charge in [-0.15, -0.1) is 0 Å². The van der Waals surface area contributed by atoms with E-state index in [9.17, 15) is 0 Å². The molecule has 264 valence electrons. The van der Waals surface area contributed by atoms with Crippen LogP contribution in [0.15, 0.2) is 218 Å². The summed E-state index contributed by atoms with van der Waals surface area (Å²) in [5.74, 6) is 0. The van der Waals surface area contributed by atoms with Crippen LogP contribution in [0, 0.1) is 6.92 Å². The van der Waals surface area contributed by atoms with E-state index in [1.54, 1.807) is 0 Å². The highest BCUT2D eigenvalue weighted by molar-refractivity contribution is 6.10. The standard InChI is InChI=1S/C55H39N/c1-38-33-47-36-50(31-32-53(47)54-22-11-10-20-51(38)54)56(48-27-23-40(24-28-48)39-13-4-2-5-14-39)49-29-25-41(26-30-49)43-18-12-19-44(34-43)46-35-45-17-8-9-21-52(45)55(37-46)42-15-6-3-7-16-42/h2-37H,1H3. The maximum atomic E-state index is 2.37. The van der Waals surface area contributed by atoms with Crippen LogP contribution in [0.3, 0.4) is 0 Å². The summed E-state index contributed by atoms with van der Waals surface area (Å²) in [5, 5.41) is 7.61. The molecular formula is C55H39N. The van der Waals surface area contributed by atoms with Gasteiger partial charge in [-0.25, -0.2) is 0 Å². The zero-order chi connectivity index (χ0) is 37.4. The second-order valence-corrected chi connectivity index (χ2v) is 14.6. The van der Waals surface area contributed by atoms with Gasteiger partial charge in [-0.05, 0) is 144 Å². The molecule has 0 radical (unpaired) electrons. The normalized spacial score (nSPS) is 11.3. The van der Waals surface area contributed by atoms with E-state index >= 15 is 0 Å². The molecule has 0 spiro atoms. The van der Waals surface area contributed by atoms with E-state index in [4.69, 9.17) is 0 Å². The lowest BCUT2D eigenvalue weighted by Gasteiger charge is -2.26. The SMILES string of the molecule is Cc1cc2cc(N(c3ccc(-c4ccccc4)cc3)c3ccc(-c4cccc(-c5cc(-c6ccccc6)c6ccccc6c5)c4)cc3)ccc2c2ccccc12. The second-order valence-electron chi connectivity index (χ2n) is 14.6. The molecule has 0 atom stereocenters. The van der Waals surface area contributed by atoms with Gasteiger partial charge in [-0.1, -0.05) is 164 Å². The lowest BCUT2D eigenvalue weighted by molar-refractivity contribution is 1.29. The number of hydrogen-bond acceptors (Lipinski definition) is 1. The Hall–Kier alpha value is -7.22. The zero-order valence-electron chi connectivity index (χ0n) is 31.2. The van der Waals surface area contributed by atoms with E-state index in [0.29, 0.717) is 0 Å². The van der Waals surface area contributed by atoms with E-state index in [1.807, 2.05) is 0 Å². The van der Waals surface area contributed by atoms with Crippen molar-refractivity contribution in [2.75, 3.05) is 4.90 Å². The van der Waals surface area contributed by atoms with Gasteiger partial charge in [0.15, 0.2) is 0 Å². The fraction of sp³-hybridized carbons (Fsp3) is 0.0182. The van der Waals surface area contributed by atoms with Crippen LogP contribution in [-0.2, 0) is 0 Å². The van der Waals surface area contributed by atoms with Gasteiger partial charge in [-0.3, -0.25) is 0 Å². The summed E-state index contributed by atoms with van der Waals surface area (Å²) >= 11 is 0. The first-order chi connectivity index (χ1) is 27.7. The molecule has 0 amide bonds. The molecule has 0 aliphatic heterocycles. The summed E-state index contributed by atoms with van der Waals surface area (Å²) in [5.41, 5.74) is 14.3. The predicted molar refractivity (Wildman–Crippen MR) is 240 cm³/mol. The van der Waals surface area contributed by atoms with Crippen LogP contribution >= 0.6 is 0 Å². The first-order valence-corrected chi connectivity index (χ1v) is 19.3. The minimum absolute atomic E-state index is 1.11. The lowest BCUT2D eigenvalue weighted by atomic mass is 9.92. The Morgan fingerprint density at radius 1 is 0.268 bits per heavy atom. The molecule has 0 unspecified atom stereocenters. The predicted octanol–water partition coefficient (Wildman–Crippen LogP) is 15.6. The maximum absolute atomic E-state index is 2.37. The summed E-state index contributed by atoms with van der Waals surface area (Å²) in [6.07, 6.45) is 0. The summed E-state index contributed by atoms with van der Waals surface area (Å²) < 4.78 is 0. The van der Waals surface area contributed by atoms with Crippen LogP contribution in [-0.4, -0.2) is 0 Å². The van der Waals surface area contributed by atoms with E-state index in [0.717, 1.165) is 17.1 Å². The summed E-state index contributed by atoms with van der Waals surface area (Å²) in [7, 11) is 0. The van der Waals surface area contributed by atoms with Crippen LogP contribution in [0.5, 0.6) is 0 Å². The third-order valence-electron chi connectivity index (χ3n) is 11.1. The van der Waals surface area contributed by atoms with Gasteiger partial charge in [0, 0.05) is 17.1 Å². The smallest absolute Gasteiger partial charge is 0.0468 e. The molecule has 1 heteroatoms. The molecule has 10 aromatic rings. The molecule has 0 saturated carbocycles. The highest BCUT2D eigenvalue weighted by atomic mass is 15.1. The van der Waals surface area contributed by atoms with Crippen molar-refractivity contribution in [3.05, 3.63) is 224 Å². The molecule has 56 heavy (non-hydrogen) atoms. The molecule has 0 heterocycles. The average molecular weight is 714 g/mol. The van der Waals surface area contributed by atoms with Gasteiger partial charge in [-0.2, -0.15) is 0 Å². The average Bonchev–Trinajstić information content (AvgIpc) is 3.27. The van der Waals surface area contributed by atoms with Gasteiger partial charge >= 0.3 is 0 Å². The van der Waals surface area contributed by atoms with Crippen molar-refractivity contribution >= 4 is 49.4 Å². The van der Waals surface area contributed by atoms with Crippen LogP contribution in [0.1, 0.15) is 5.56 Å². The highest BCUT2D eigenvalue weighted by Crippen LogP contribution is 2.40. The zero-order valence-corrected chi connectivity index (χ0v) is 31.2. The first kappa shape index (κ1) is 33.4. The molecule has 0 bridgehead atoms. The number of fused-ring (bicyclic) bond motifs is 4. The molecule has 0 saturated heterocycles. The van der Waals surface area contributed by atoms with Crippen molar-refractivity contribution in [1.82, 2.24) is 0 Å². The number of nitrogens with zero attached hydrogens (tertiary/aromatic N) is 1. The van der Waals surface area contributed by atoms with Crippen molar-refractivity contribution in [2.45, 2.75) is 6.92 Å². The molecule has 0 N–H and O–H groups in total. The number of rotatable bonds is 7. The van der Waals surface area contributed by atoms with E-state index < -0.39 is 0 Å². The number of benzene rings is 10. The van der Waals surface area contributed by atoms with Gasteiger partial charge in [0.2, 0.25) is 0 Å². The van der Waals surface area contributed by atoms with E-state index in [1.165, 1.54) is 82.4 Å². The quantitative estimate of drug-likeness (QED) is 0.149. The molecule has 1 nitrogen and oxygen atoms in total. The minimum Gasteiger partial charge on any atom is -0.310 e. The van der Waals surface area contributed by atoms with E-state index in [2.05, 4.69) is 230 Å². The summed E-state index contributed by atoms with van der Waals surface area (Å²) in [4.78, 5) is 2.37. The fourth-order valence-corrected chi connectivity index (χ4v) is 8.32. The number of hydrogen-bond donors (Lipinski definition) is 0. The monoisotopic (exact) mass is 713 g/mol. The number of aryl methyl sites for hydroxylation is 1. The lowest BCUT2D eigenvalue weighted by Crippen LogP contribution is -2.10. The number of anilines is 3. The molecule has 0 aromatic heterocycles. The first-order valence-electron chi connectivity index (χ1n) is 19.3. The third-order valence-corrected chi connectivity index (χ3v) is 11.1. The van der Waals surface area contributed by atoms with Crippen molar-refractivity contribution in [3.8, 4) is 44.5 Å². The second kappa shape index (κ2) is 14.2. The van der Waals surface area contributed by atoms with Crippen molar-refractivity contribution in [3.63, 3.8) is 0 Å². The Bertz CT molecular complexity index is 3000. The molecule has 0 aliphatic carbocycles. The van der Waals surface area contributed by atoms with Crippen LogP contribution < -0.4 is 4.90 Å². The van der Waals surface area contributed by atoms with E-state index in [-0.39, 0.29) is 0 Å².